The maximum Gasteiger partial charge on any atom is 0.326 e. The number of carboxylic acids is 1. The fourth-order valence-electron chi connectivity index (χ4n) is 1.04. The molecule has 17 heavy (non-hydrogen) atoms. The summed E-state index contributed by atoms with van der Waals surface area (Å²) in [6, 6.07) is -1.24. The molecule has 0 aliphatic rings. The van der Waals surface area contributed by atoms with Crippen LogP contribution in [0.4, 0.5) is 4.79 Å². The van der Waals surface area contributed by atoms with Crippen LogP contribution in [0.15, 0.2) is 0 Å². The third-order valence-electron chi connectivity index (χ3n) is 2.42. The summed E-state index contributed by atoms with van der Waals surface area (Å²) in [6.45, 7) is 5.06. The molecule has 0 aromatic carbocycles. The van der Waals surface area contributed by atoms with E-state index in [1.807, 2.05) is 0 Å². The van der Waals surface area contributed by atoms with Crippen molar-refractivity contribution in [3.05, 3.63) is 0 Å². The lowest BCUT2D eigenvalue weighted by atomic mass is 10.3. The van der Waals surface area contributed by atoms with Crippen molar-refractivity contribution in [2.45, 2.75) is 32.7 Å². The zero-order chi connectivity index (χ0) is 13.3. The molecule has 0 saturated heterocycles. The molecule has 0 aliphatic heterocycles. The number of urea groups is 1. The Morgan fingerprint density at radius 2 is 2.06 bits per heavy atom. The van der Waals surface area contributed by atoms with E-state index < -0.39 is 18.0 Å². The van der Waals surface area contributed by atoms with Crippen molar-refractivity contribution in [1.82, 2.24) is 10.2 Å². The Labute approximate surface area is 102 Å². The molecule has 0 bridgehead atoms. The molecule has 6 heteroatoms. The largest absolute Gasteiger partial charge is 0.480 e. The Balaban J connectivity index is 3.68. The number of ether oxygens (including phenoxy) is 1. The van der Waals surface area contributed by atoms with E-state index in [4.69, 9.17) is 9.84 Å². The molecule has 1 unspecified atom stereocenters. The van der Waals surface area contributed by atoms with Gasteiger partial charge in [0.15, 0.2) is 0 Å². The first-order valence-corrected chi connectivity index (χ1v) is 5.81. The zero-order valence-electron chi connectivity index (χ0n) is 10.7. The standard InChI is InChI=1S/C11H22N2O4/c1-4-5-7-17-8-6-12-11(16)13(3)9(2)10(14)15/h9H,4-8H2,1-3H3,(H,12,16)(H,14,15). The summed E-state index contributed by atoms with van der Waals surface area (Å²) in [5.41, 5.74) is 0. The highest BCUT2D eigenvalue weighted by molar-refractivity contribution is 5.82. The van der Waals surface area contributed by atoms with Crippen molar-refractivity contribution in [3.63, 3.8) is 0 Å². The molecular weight excluding hydrogens is 224 g/mol. The first kappa shape index (κ1) is 15.7. The van der Waals surface area contributed by atoms with Gasteiger partial charge in [0.1, 0.15) is 6.04 Å². The summed E-state index contributed by atoms with van der Waals surface area (Å²) in [7, 11) is 1.45. The number of unbranched alkanes of at least 4 members (excludes halogenated alkanes) is 1. The van der Waals surface area contributed by atoms with Crippen LogP contribution < -0.4 is 5.32 Å². The lowest BCUT2D eigenvalue weighted by molar-refractivity contribution is -0.141. The van der Waals surface area contributed by atoms with Gasteiger partial charge in [-0.15, -0.1) is 0 Å². The van der Waals surface area contributed by atoms with Crippen LogP contribution in [-0.2, 0) is 9.53 Å². The molecule has 1 atom stereocenters. The molecule has 0 aromatic rings. The van der Waals surface area contributed by atoms with Crippen molar-refractivity contribution in [2.24, 2.45) is 0 Å². The molecule has 0 aromatic heterocycles. The maximum atomic E-state index is 11.5. The molecule has 0 radical (unpaired) electrons. The lowest BCUT2D eigenvalue weighted by Crippen LogP contribution is -2.46. The number of nitrogens with zero attached hydrogens (tertiary/aromatic N) is 1. The first-order chi connectivity index (χ1) is 8.00. The number of likely N-dealkylation sites (N-methyl/N-ethyl adjacent to an activating group) is 1. The summed E-state index contributed by atoms with van der Waals surface area (Å²) in [5, 5.41) is 11.3. The van der Waals surface area contributed by atoms with Crippen molar-refractivity contribution in [3.8, 4) is 0 Å². The Bertz CT molecular complexity index is 246. The number of carboxylic acid groups (broad SMARTS) is 1. The third kappa shape index (κ3) is 6.78. The van der Waals surface area contributed by atoms with Gasteiger partial charge in [0.25, 0.3) is 0 Å². The van der Waals surface area contributed by atoms with Crippen LogP contribution in [0.2, 0.25) is 0 Å². The van der Waals surface area contributed by atoms with E-state index in [1.165, 1.54) is 14.0 Å². The van der Waals surface area contributed by atoms with Crippen molar-refractivity contribution in [1.29, 1.82) is 0 Å². The average Bonchev–Trinajstić information content (AvgIpc) is 2.31. The van der Waals surface area contributed by atoms with Crippen molar-refractivity contribution < 1.29 is 19.4 Å². The molecule has 0 aliphatic carbocycles. The SMILES string of the molecule is CCCCOCCNC(=O)N(C)C(C)C(=O)O. The lowest BCUT2D eigenvalue weighted by Gasteiger charge is -2.21. The second kappa shape index (κ2) is 8.81. The Kier molecular flexibility index (Phi) is 8.13. The molecule has 0 saturated carbocycles. The van der Waals surface area contributed by atoms with E-state index in [9.17, 15) is 9.59 Å². The number of hydrogen-bond donors (Lipinski definition) is 2. The molecule has 0 heterocycles. The van der Waals surface area contributed by atoms with Gasteiger partial charge in [0, 0.05) is 20.2 Å². The summed E-state index contributed by atoms with van der Waals surface area (Å²) >= 11 is 0. The van der Waals surface area contributed by atoms with Gasteiger partial charge < -0.3 is 20.1 Å². The van der Waals surface area contributed by atoms with E-state index >= 15 is 0 Å². The van der Waals surface area contributed by atoms with Crippen molar-refractivity contribution >= 4 is 12.0 Å². The average molecular weight is 246 g/mol. The monoisotopic (exact) mass is 246 g/mol. The van der Waals surface area contributed by atoms with Gasteiger partial charge in [-0.1, -0.05) is 13.3 Å². The third-order valence-corrected chi connectivity index (χ3v) is 2.42. The highest BCUT2D eigenvalue weighted by atomic mass is 16.5. The molecular formula is C11H22N2O4. The van der Waals surface area contributed by atoms with Crippen LogP contribution in [-0.4, -0.2) is 54.9 Å². The number of aliphatic carboxylic acids is 1. The fourth-order valence-corrected chi connectivity index (χ4v) is 1.04. The molecule has 100 valence electrons. The van der Waals surface area contributed by atoms with E-state index in [2.05, 4.69) is 12.2 Å². The summed E-state index contributed by atoms with van der Waals surface area (Å²) < 4.78 is 5.26. The molecule has 0 spiro atoms. The predicted molar refractivity (Wildman–Crippen MR) is 64.0 cm³/mol. The molecule has 2 amide bonds. The number of carbonyl (C=O) groups is 2. The number of nitrogens with one attached hydrogen (secondary N) is 1. The topological polar surface area (TPSA) is 78.9 Å². The Morgan fingerprint density at radius 3 is 2.59 bits per heavy atom. The summed E-state index contributed by atoms with van der Waals surface area (Å²) in [5.74, 6) is -1.03. The van der Waals surface area contributed by atoms with Gasteiger partial charge in [-0.05, 0) is 13.3 Å². The van der Waals surface area contributed by atoms with E-state index in [1.54, 1.807) is 0 Å². The van der Waals surface area contributed by atoms with Crippen LogP contribution >= 0.6 is 0 Å². The quantitative estimate of drug-likeness (QED) is 0.624. The molecule has 0 rings (SSSR count). The van der Waals surface area contributed by atoms with Gasteiger partial charge in [-0.3, -0.25) is 0 Å². The normalized spacial score (nSPS) is 11.9. The molecule has 6 nitrogen and oxygen atoms in total. The zero-order valence-corrected chi connectivity index (χ0v) is 10.7. The Hall–Kier alpha value is -1.30. The minimum atomic E-state index is -1.03. The second-order valence-corrected chi connectivity index (χ2v) is 3.82. The number of rotatable bonds is 8. The maximum absolute atomic E-state index is 11.5. The number of hydrogen-bond acceptors (Lipinski definition) is 3. The van der Waals surface area contributed by atoms with Gasteiger partial charge in [-0.25, -0.2) is 9.59 Å². The predicted octanol–water partition coefficient (Wildman–Crippen LogP) is 0.918. The highest BCUT2D eigenvalue weighted by Gasteiger charge is 2.20. The van der Waals surface area contributed by atoms with E-state index in [0.717, 1.165) is 17.7 Å². The summed E-state index contributed by atoms with van der Waals surface area (Å²) in [4.78, 5) is 23.3. The minimum Gasteiger partial charge on any atom is -0.480 e. The summed E-state index contributed by atoms with van der Waals surface area (Å²) in [6.07, 6.45) is 2.08. The molecule has 2 N–H and O–H groups in total. The number of amides is 2. The van der Waals surface area contributed by atoms with Crippen LogP contribution in [0, 0.1) is 0 Å². The minimum absolute atomic E-state index is 0.388. The highest BCUT2D eigenvalue weighted by Crippen LogP contribution is 1.95. The van der Waals surface area contributed by atoms with Crippen LogP contribution in [0.1, 0.15) is 26.7 Å². The number of carbonyl (C=O) groups excluding carboxylic acids is 1. The second-order valence-electron chi connectivity index (χ2n) is 3.82. The van der Waals surface area contributed by atoms with Crippen LogP contribution in [0.3, 0.4) is 0 Å². The van der Waals surface area contributed by atoms with Gasteiger partial charge in [-0.2, -0.15) is 0 Å². The van der Waals surface area contributed by atoms with E-state index in [0.29, 0.717) is 19.8 Å². The van der Waals surface area contributed by atoms with Crippen LogP contribution in [0.5, 0.6) is 0 Å². The first-order valence-electron chi connectivity index (χ1n) is 5.81. The fraction of sp³-hybridized carbons (Fsp3) is 0.818. The van der Waals surface area contributed by atoms with Gasteiger partial charge >= 0.3 is 12.0 Å². The molecule has 0 fully saturated rings. The smallest absolute Gasteiger partial charge is 0.326 e. The van der Waals surface area contributed by atoms with Crippen molar-refractivity contribution in [2.75, 3.05) is 26.8 Å². The van der Waals surface area contributed by atoms with Crippen LogP contribution in [0.25, 0.3) is 0 Å². The van der Waals surface area contributed by atoms with E-state index in [-0.39, 0.29) is 0 Å². The Morgan fingerprint density at radius 1 is 1.41 bits per heavy atom. The van der Waals surface area contributed by atoms with Gasteiger partial charge in [0.05, 0.1) is 6.61 Å². The van der Waals surface area contributed by atoms with Gasteiger partial charge in [0.2, 0.25) is 0 Å².